The zero-order valence-electron chi connectivity index (χ0n) is 7.42. The summed E-state index contributed by atoms with van der Waals surface area (Å²) >= 11 is 0. The van der Waals surface area contributed by atoms with Crippen molar-refractivity contribution in [1.82, 2.24) is 0 Å². The summed E-state index contributed by atoms with van der Waals surface area (Å²) in [5.41, 5.74) is 2.15. The van der Waals surface area contributed by atoms with Crippen LogP contribution in [0.25, 0.3) is 0 Å². The van der Waals surface area contributed by atoms with Gasteiger partial charge in [-0.05, 0) is 43.6 Å². The molecule has 0 aromatic heterocycles. The second-order valence-electron chi connectivity index (χ2n) is 3.07. The predicted molar refractivity (Wildman–Crippen MR) is 46.7 cm³/mol. The Labute approximate surface area is 71.1 Å². The van der Waals surface area contributed by atoms with Crippen LogP contribution >= 0.6 is 0 Å². The molecule has 0 aliphatic heterocycles. The van der Waals surface area contributed by atoms with Gasteiger partial charge in [-0.3, -0.25) is 4.79 Å². The molecule has 0 aromatic carbocycles. The number of carbonyl (C=O) groups excluding carboxylic acids is 1. The summed E-state index contributed by atoms with van der Waals surface area (Å²) in [6, 6.07) is -0.428. The fraction of sp³-hybridized carbons (Fsp3) is 0.444. The van der Waals surface area contributed by atoms with Crippen LogP contribution in [0.15, 0.2) is 28.0 Å². The van der Waals surface area contributed by atoms with Crippen molar-refractivity contribution in [2.75, 3.05) is 0 Å². The van der Waals surface area contributed by atoms with Crippen molar-refractivity contribution in [2.24, 2.45) is 5.18 Å². The Morgan fingerprint density at radius 1 is 1.33 bits per heavy atom. The second-order valence-corrected chi connectivity index (χ2v) is 3.07. The van der Waals surface area contributed by atoms with E-state index >= 15 is 0 Å². The highest BCUT2D eigenvalue weighted by atomic mass is 16.3. The third kappa shape index (κ3) is 1.22. The topological polar surface area (TPSA) is 46.5 Å². The van der Waals surface area contributed by atoms with Crippen LogP contribution in [0, 0.1) is 4.91 Å². The van der Waals surface area contributed by atoms with Crippen LogP contribution in [0.1, 0.15) is 20.8 Å². The number of nitrogens with zero attached hydrogens (tertiary/aromatic N) is 1. The minimum atomic E-state index is -0.428. The first-order valence-corrected chi connectivity index (χ1v) is 3.80. The number of hydrogen-bond donors (Lipinski definition) is 0. The largest absolute Gasteiger partial charge is 0.290 e. The third-order valence-corrected chi connectivity index (χ3v) is 2.27. The first kappa shape index (κ1) is 8.84. The van der Waals surface area contributed by atoms with E-state index in [0.717, 1.165) is 11.1 Å². The average molecular weight is 165 g/mol. The number of nitroso groups, excluding NO2 is 1. The van der Waals surface area contributed by atoms with Gasteiger partial charge in [-0.15, -0.1) is 4.91 Å². The Balaban J connectivity index is 3.14. The molecule has 3 heteroatoms. The van der Waals surface area contributed by atoms with Crippen LogP contribution < -0.4 is 0 Å². The summed E-state index contributed by atoms with van der Waals surface area (Å²) in [4.78, 5) is 21.6. The Kier molecular flexibility index (Phi) is 2.22. The molecule has 12 heavy (non-hydrogen) atoms. The van der Waals surface area contributed by atoms with Crippen LogP contribution in [0.4, 0.5) is 0 Å². The van der Waals surface area contributed by atoms with E-state index in [1.165, 1.54) is 6.08 Å². The molecule has 0 radical (unpaired) electrons. The van der Waals surface area contributed by atoms with Gasteiger partial charge in [0.05, 0.1) is 0 Å². The molecule has 0 heterocycles. The molecule has 0 aromatic rings. The fourth-order valence-corrected chi connectivity index (χ4v) is 1.30. The molecular weight excluding hydrogens is 154 g/mol. The molecule has 0 saturated carbocycles. The van der Waals surface area contributed by atoms with Gasteiger partial charge in [-0.25, -0.2) is 0 Å². The van der Waals surface area contributed by atoms with Crippen molar-refractivity contribution in [3.63, 3.8) is 0 Å². The fourth-order valence-electron chi connectivity index (χ4n) is 1.30. The number of rotatable bonds is 1. The van der Waals surface area contributed by atoms with Crippen molar-refractivity contribution in [3.05, 3.63) is 27.7 Å². The first-order valence-electron chi connectivity index (χ1n) is 3.80. The van der Waals surface area contributed by atoms with Crippen molar-refractivity contribution in [2.45, 2.75) is 26.8 Å². The van der Waals surface area contributed by atoms with E-state index in [1.54, 1.807) is 20.8 Å². The minimum absolute atomic E-state index is 0.00935. The molecule has 1 atom stereocenters. The monoisotopic (exact) mass is 165 g/mol. The molecule has 1 rings (SSSR count). The lowest BCUT2D eigenvalue weighted by Gasteiger charge is -2.17. The molecule has 3 nitrogen and oxygen atoms in total. The van der Waals surface area contributed by atoms with Crippen LogP contribution in [0.5, 0.6) is 0 Å². The Hall–Kier alpha value is -1.25. The maximum Gasteiger partial charge on any atom is 0.181 e. The molecule has 0 spiro atoms. The molecule has 0 fully saturated rings. The lowest BCUT2D eigenvalue weighted by atomic mass is 9.89. The van der Waals surface area contributed by atoms with Gasteiger partial charge in [-0.2, -0.15) is 0 Å². The van der Waals surface area contributed by atoms with Gasteiger partial charge >= 0.3 is 0 Å². The van der Waals surface area contributed by atoms with Crippen LogP contribution in [0.2, 0.25) is 0 Å². The van der Waals surface area contributed by atoms with E-state index in [-0.39, 0.29) is 5.78 Å². The van der Waals surface area contributed by atoms with Crippen molar-refractivity contribution >= 4 is 5.78 Å². The van der Waals surface area contributed by atoms with Gasteiger partial charge in [0.25, 0.3) is 0 Å². The standard InChI is InChI=1S/C9H11NO2/c1-5-4-8(11)6(2)7(3)9(5)10-12/h4,9H,1-3H3. The SMILES string of the molecule is CC1=CC(=O)C(C)=C(C)C1N=O. The molecule has 0 saturated heterocycles. The molecule has 1 aliphatic rings. The van der Waals surface area contributed by atoms with E-state index in [2.05, 4.69) is 5.18 Å². The summed E-state index contributed by atoms with van der Waals surface area (Å²) in [5.74, 6) is -0.00935. The summed E-state index contributed by atoms with van der Waals surface area (Å²) in [6.07, 6.45) is 1.48. The predicted octanol–water partition coefficient (Wildman–Crippen LogP) is 1.99. The molecular formula is C9H11NO2. The third-order valence-electron chi connectivity index (χ3n) is 2.27. The molecule has 0 amide bonds. The zero-order chi connectivity index (χ0) is 9.30. The van der Waals surface area contributed by atoms with E-state index in [9.17, 15) is 9.70 Å². The maximum absolute atomic E-state index is 11.2. The van der Waals surface area contributed by atoms with Crippen LogP contribution in [-0.4, -0.2) is 11.8 Å². The van der Waals surface area contributed by atoms with Crippen molar-refractivity contribution in [3.8, 4) is 0 Å². The van der Waals surface area contributed by atoms with Crippen LogP contribution in [0.3, 0.4) is 0 Å². The lowest BCUT2D eigenvalue weighted by molar-refractivity contribution is -0.111. The quantitative estimate of drug-likeness (QED) is 0.558. The van der Waals surface area contributed by atoms with Gasteiger partial charge < -0.3 is 0 Å². The number of hydrogen-bond acceptors (Lipinski definition) is 3. The average Bonchev–Trinajstić information content (AvgIpc) is 2.01. The molecule has 0 N–H and O–H groups in total. The molecule has 1 unspecified atom stereocenters. The van der Waals surface area contributed by atoms with Gasteiger partial charge in [0, 0.05) is 0 Å². The molecule has 0 bridgehead atoms. The van der Waals surface area contributed by atoms with Crippen LogP contribution in [-0.2, 0) is 4.79 Å². The first-order chi connectivity index (χ1) is 5.57. The summed E-state index contributed by atoms with van der Waals surface area (Å²) in [6.45, 7) is 5.24. The second kappa shape index (κ2) is 3.01. The van der Waals surface area contributed by atoms with E-state index in [4.69, 9.17) is 0 Å². The van der Waals surface area contributed by atoms with E-state index in [1.807, 2.05) is 0 Å². The smallest absolute Gasteiger partial charge is 0.181 e. The van der Waals surface area contributed by atoms with Gasteiger partial charge in [0.1, 0.15) is 6.04 Å². The number of ketones is 1. The Morgan fingerprint density at radius 2 is 1.92 bits per heavy atom. The van der Waals surface area contributed by atoms with Gasteiger partial charge in [-0.1, -0.05) is 5.18 Å². The van der Waals surface area contributed by atoms with E-state index in [0.29, 0.717) is 5.57 Å². The number of allylic oxidation sites excluding steroid dienone is 2. The van der Waals surface area contributed by atoms with Crippen molar-refractivity contribution in [1.29, 1.82) is 0 Å². The van der Waals surface area contributed by atoms with E-state index < -0.39 is 6.04 Å². The highest BCUT2D eigenvalue weighted by Crippen LogP contribution is 2.24. The molecule has 1 aliphatic carbocycles. The summed E-state index contributed by atoms with van der Waals surface area (Å²) in [5, 5.41) is 2.97. The minimum Gasteiger partial charge on any atom is -0.290 e. The maximum atomic E-state index is 11.2. The highest BCUT2D eigenvalue weighted by molar-refractivity contribution is 6.06. The highest BCUT2D eigenvalue weighted by Gasteiger charge is 2.23. The summed E-state index contributed by atoms with van der Waals surface area (Å²) in [7, 11) is 0. The van der Waals surface area contributed by atoms with Gasteiger partial charge in [0.2, 0.25) is 0 Å². The normalized spacial score (nSPS) is 24.1. The van der Waals surface area contributed by atoms with Gasteiger partial charge in [0.15, 0.2) is 5.78 Å². The zero-order valence-corrected chi connectivity index (χ0v) is 7.42. The summed E-state index contributed by atoms with van der Waals surface area (Å²) < 4.78 is 0. The lowest BCUT2D eigenvalue weighted by Crippen LogP contribution is -2.17. The Morgan fingerprint density at radius 3 is 2.42 bits per heavy atom. The molecule has 64 valence electrons. The number of carbonyl (C=O) groups is 1. The Bertz CT molecular complexity index is 300. The van der Waals surface area contributed by atoms with Crippen molar-refractivity contribution < 1.29 is 4.79 Å².